The monoisotopic (exact) mass is 491 g/mol. The highest BCUT2D eigenvalue weighted by Crippen LogP contribution is 1.95. The number of ether oxygens (including phenoxy) is 2. The Morgan fingerprint density at radius 3 is 2.38 bits per heavy atom. The number of amides is 6. The molecule has 0 aromatic carbocycles. The number of nitrogens with two attached hydrogens (primary N) is 1. The van der Waals surface area contributed by atoms with Crippen LogP contribution < -0.4 is 37.9 Å². The van der Waals surface area contributed by atoms with Crippen LogP contribution in [0.25, 0.3) is 0 Å². The second kappa shape index (κ2) is 15.7. The fourth-order valence-electron chi connectivity index (χ4n) is 2.64. The minimum absolute atomic E-state index is 0.0631. The smallest absolute Gasteiger partial charge is 0.316 e. The molecule has 34 heavy (non-hydrogen) atoms. The first-order valence-electron chi connectivity index (χ1n) is 10.5. The molecular weight excluding hydrogens is 458 g/mol. The molecular formula is C18H33N7O9. The molecule has 1 unspecified atom stereocenters. The Kier molecular flexibility index (Phi) is 13.4. The molecule has 1 rings (SSSR count). The van der Waals surface area contributed by atoms with Crippen LogP contribution in [0.3, 0.4) is 0 Å². The van der Waals surface area contributed by atoms with E-state index in [1.165, 1.54) is 6.92 Å². The highest BCUT2D eigenvalue weighted by Gasteiger charge is 2.26. The lowest BCUT2D eigenvalue weighted by atomic mass is 10.2. The third-order valence-corrected chi connectivity index (χ3v) is 4.44. The molecule has 16 heteroatoms. The first kappa shape index (κ1) is 29.0. The molecule has 1 heterocycles. The van der Waals surface area contributed by atoms with Gasteiger partial charge in [-0.05, 0) is 6.92 Å². The molecule has 0 aromatic rings. The first-order chi connectivity index (χ1) is 16.1. The zero-order valence-corrected chi connectivity index (χ0v) is 18.8. The largest absolute Gasteiger partial charge is 0.394 e. The first-order valence-corrected chi connectivity index (χ1v) is 10.5. The van der Waals surface area contributed by atoms with Crippen molar-refractivity contribution in [3.05, 3.63) is 0 Å². The molecule has 1 aliphatic heterocycles. The van der Waals surface area contributed by atoms with Gasteiger partial charge in [0.15, 0.2) is 0 Å². The topological polar surface area (TPSA) is 242 Å². The standard InChI is InChI=1S/C18H33N7O9/c1-10(27)12-7-21-25-17(31)11(6-14(19)28)23-18(32)24-13(8-26)16(30)20-2-3-33-4-5-34-9-15(29)22-12/h10-13,21,26-27H,2-9H2,1H3,(H2,19,28)(H,20,30)(H,22,29)(H,25,31)(H2,23,24,32)/t10?,11-,12+,13-/m1/s1. The van der Waals surface area contributed by atoms with Crippen LogP contribution in [0.1, 0.15) is 13.3 Å². The predicted octanol–water partition coefficient (Wildman–Crippen LogP) is -5.46. The molecule has 0 bridgehead atoms. The molecule has 1 saturated heterocycles. The van der Waals surface area contributed by atoms with Crippen LogP contribution in [0, 0.1) is 0 Å². The fraction of sp³-hybridized carbons (Fsp3) is 0.722. The summed E-state index contributed by atoms with van der Waals surface area (Å²) in [5.41, 5.74) is 9.88. The summed E-state index contributed by atoms with van der Waals surface area (Å²) in [4.78, 5) is 60.1. The number of hydrazine groups is 1. The fourth-order valence-corrected chi connectivity index (χ4v) is 2.64. The number of hydrogen-bond donors (Lipinski definition) is 9. The van der Waals surface area contributed by atoms with Crippen molar-refractivity contribution in [2.24, 2.45) is 5.73 Å². The van der Waals surface area contributed by atoms with Crippen LogP contribution in [0.15, 0.2) is 0 Å². The molecule has 4 atom stereocenters. The average Bonchev–Trinajstić information content (AvgIpc) is 2.76. The number of hydrogen-bond acceptors (Lipinski definition) is 10. The summed E-state index contributed by atoms with van der Waals surface area (Å²) < 4.78 is 10.4. The van der Waals surface area contributed by atoms with E-state index in [-0.39, 0.29) is 39.5 Å². The van der Waals surface area contributed by atoms with Gasteiger partial charge in [-0.3, -0.25) is 24.6 Å². The average molecular weight is 492 g/mol. The number of urea groups is 1. The van der Waals surface area contributed by atoms with Crippen molar-refractivity contribution in [2.45, 2.75) is 37.6 Å². The van der Waals surface area contributed by atoms with E-state index in [4.69, 9.17) is 15.2 Å². The lowest BCUT2D eigenvalue weighted by Crippen LogP contribution is -2.59. The van der Waals surface area contributed by atoms with E-state index in [1.807, 2.05) is 0 Å². The maximum Gasteiger partial charge on any atom is 0.316 e. The number of rotatable bonds is 4. The molecule has 10 N–H and O–H groups in total. The Hall–Kier alpha value is -3.05. The van der Waals surface area contributed by atoms with Gasteiger partial charge in [-0.25, -0.2) is 10.2 Å². The highest BCUT2D eigenvalue weighted by atomic mass is 16.5. The van der Waals surface area contributed by atoms with Gasteiger partial charge in [0.25, 0.3) is 5.91 Å². The van der Waals surface area contributed by atoms with Crippen molar-refractivity contribution in [3.8, 4) is 0 Å². The van der Waals surface area contributed by atoms with Crippen LogP contribution in [0.2, 0.25) is 0 Å². The lowest BCUT2D eigenvalue weighted by Gasteiger charge is -2.23. The van der Waals surface area contributed by atoms with Gasteiger partial charge in [-0.1, -0.05) is 0 Å². The normalized spacial score (nSPS) is 25.9. The molecule has 1 aliphatic rings. The molecule has 0 saturated carbocycles. The SMILES string of the molecule is CC(O)[C@@H]1CNNC(=O)[C@@H](CC(N)=O)NC(=O)N[C@H](CO)C(=O)NCCOCCOCC(=O)N1. The van der Waals surface area contributed by atoms with Gasteiger partial charge in [0.2, 0.25) is 17.7 Å². The molecule has 194 valence electrons. The maximum absolute atomic E-state index is 12.4. The summed E-state index contributed by atoms with van der Waals surface area (Å²) in [5, 5.41) is 28.7. The number of carbonyl (C=O) groups is 5. The third kappa shape index (κ3) is 11.7. The van der Waals surface area contributed by atoms with Crippen molar-refractivity contribution in [1.29, 1.82) is 0 Å². The van der Waals surface area contributed by atoms with Crippen LogP contribution in [-0.4, -0.2) is 110 Å². The second-order valence-electron chi connectivity index (χ2n) is 7.32. The zero-order chi connectivity index (χ0) is 25.5. The van der Waals surface area contributed by atoms with E-state index in [9.17, 15) is 34.2 Å². The van der Waals surface area contributed by atoms with Gasteiger partial charge in [0.05, 0.1) is 45.0 Å². The molecule has 0 radical (unpaired) electrons. The van der Waals surface area contributed by atoms with E-state index < -0.39 is 66.9 Å². The Balaban J connectivity index is 2.89. The second-order valence-corrected chi connectivity index (χ2v) is 7.32. The van der Waals surface area contributed by atoms with Gasteiger partial charge in [-0.15, -0.1) is 0 Å². The Morgan fingerprint density at radius 2 is 1.74 bits per heavy atom. The van der Waals surface area contributed by atoms with Gasteiger partial charge in [0.1, 0.15) is 18.7 Å². The predicted molar refractivity (Wildman–Crippen MR) is 115 cm³/mol. The highest BCUT2D eigenvalue weighted by molar-refractivity contribution is 5.92. The Labute approximate surface area is 195 Å². The summed E-state index contributed by atoms with van der Waals surface area (Å²) in [6.45, 7) is 0.686. The summed E-state index contributed by atoms with van der Waals surface area (Å²) >= 11 is 0. The van der Waals surface area contributed by atoms with Crippen molar-refractivity contribution >= 4 is 29.7 Å². The molecule has 16 nitrogen and oxygen atoms in total. The quantitative estimate of drug-likeness (QED) is 0.181. The van der Waals surface area contributed by atoms with Gasteiger partial charge in [-0.2, -0.15) is 0 Å². The number of aliphatic hydroxyl groups is 2. The van der Waals surface area contributed by atoms with Crippen LogP contribution in [-0.2, 0) is 28.7 Å². The van der Waals surface area contributed by atoms with Crippen molar-refractivity contribution in [2.75, 3.05) is 46.1 Å². The van der Waals surface area contributed by atoms with E-state index in [0.29, 0.717) is 0 Å². The number of aliphatic hydroxyl groups excluding tert-OH is 2. The van der Waals surface area contributed by atoms with Crippen molar-refractivity contribution < 1.29 is 43.7 Å². The van der Waals surface area contributed by atoms with Crippen LogP contribution in [0.4, 0.5) is 4.79 Å². The van der Waals surface area contributed by atoms with E-state index in [1.54, 1.807) is 0 Å². The van der Waals surface area contributed by atoms with Crippen molar-refractivity contribution in [1.82, 2.24) is 32.1 Å². The molecule has 6 amide bonds. The van der Waals surface area contributed by atoms with Crippen LogP contribution in [0.5, 0.6) is 0 Å². The summed E-state index contributed by atoms with van der Waals surface area (Å²) in [5.74, 6) is -2.98. The summed E-state index contributed by atoms with van der Waals surface area (Å²) in [6, 6.07) is -4.58. The van der Waals surface area contributed by atoms with Gasteiger partial charge in [0, 0.05) is 13.1 Å². The molecule has 1 fully saturated rings. The molecule has 0 aliphatic carbocycles. The Morgan fingerprint density at radius 1 is 1.06 bits per heavy atom. The van der Waals surface area contributed by atoms with Gasteiger partial charge >= 0.3 is 6.03 Å². The van der Waals surface area contributed by atoms with Crippen molar-refractivity contribution in [3.63, 3.8) is 0 Å². The summed E-state index contributed by atoms with van der Waals surface area (Å²) in [7, 11) is 0. The number of carbonyl (C=O) groups excluding carboxylic acids is 5. The lowest BCUT2D eigenvalue weighted by molar-refractivity contribution is -0.128. The number of primary amides is 1. The van der Waals surface area contributed by atoms with E-state index in [0.717, 1.165) is 0 Å². The Bertz CT molecular complexity index is 707. The number of nitrogens with one attached hydrogen (secondary N) is 6. The zero-order valence-electron chi connectivity index (χ0n) is 18.8. The minimum atomic E-state index is -1.43. The van der Waals surface area contributed by atoms with Crippen LogP contribution >= 0.6 is 0 Å². The molecule has 0 aromatic heterocycles. The van der Waals surface area contributed by atoms with E-state index >= 15 is 0 Å². The molecule has 0 spiro atoms. The van der Waals surface area contributed by atoms with Gasteiger partial charge < -0.3 is 46.7 Å². The maximum atomic E-state index is 12.4. The minimum Gasteiger partial charge on any atom is -0.394 e. The third-order valence-electron chi connectivity index (χ3n) is 4.44. The summed E-state index contributed by atoms with van der Waals surface area (Å²) in [6.07, 6.45) is -1.56. The van der Waals surface area contributed by atoms with E-state index in [2.05, 4.69) is 32.1 Å².